The zero-order valence-corrected chi connectivity index (χ0v) is 16.8. The smallest absolute Gasteiger partial charge is 0.191 e. The molecule has 0 aliphatic rings. The third kappa shape index (κ3) is 6.85. The second kappa shape index (κ2) is 11.1. The maximum Gasteiger partial charge on any atom is 0.191 e. The van der Waals surface area contributed by atoms with E-state index in [0.29, 0.717) is 19.2 Å². The highest BCUT2D eigenvalue weighted by molar-refractivity contribution is 5.79. The first-order valence-corrected chi connectivity index (χ1v) is 9.47. The van der Waals surface area contributed by atoms with Crippen molar-refractivity contribution in [1.82, 2.24) is 10.6 Å². The Morgan fingerprint density at radius 3 is 2.52 bits per heavy atom. The molecule has 0 amide bonds. The van der Waals surface area contributed by atoms with Gasteiger partial charge >= 0.3 is 0 Å². The van der Waals surface area contributed by atoms with Crippen LogP contribution in [0.3, 0.4) is 0 Å². The second-order valence-electron chi connectivity index (χ2n) is 6.41. The number of rotatable bonds is 9. The van der Waals surface area contributed by atoms with Crippen LogP contribution in [0.1, 0.15) is 31.4 Å². The molecular weight excluding hydrogens is 338 g/mol. The van der Waals surface area contributed by atoms with Crippen LogP contribution in [0.5, 0.6) is 11.5 Å². The molecule has 1 atom stereocenters. The van der Waals surface area contributed by atoms with Crippen LogP contribution in [-0.2, 0) is 13.0 Å². The number of methoxy groups -OCH3 is 1. The summed E-state index contributed by atoms with van der Waals surface area (Å²) < 4.78 is 11.0. The second-order valence-corrected chi connectivity index (χ2v) is 6.41. The molecule has 2 aromatic carbocycles. The average molecular weight is 370 g/mol. The number of aliphatic imine (C=N–C) groups is 1. The van der Waals surface area contributed by atoms with E-state index < -0.39 is 0 Å². The maximum absolute atomic E-state index is 5.56. The Morgan fingerprint density at radius 2 is 1.85 bits per heavy atom. The largest absolute Gasteiger partial charge is 0.493 e. The Morgan fingerprint density at radius 1 is 1.07 bits per heavy atom. The van der Waals surface area contributed by atoms with Gasteiger partial charge in [-0.15, -0.1) is 0 Å². The highest BCUT2D eigenvalue weighted by Crippen LogP contribution is 2.27. The van der Waals surface area contributed by atoms with Gasteiger partial charge in [0.05, 0.1) is 13.7 Å². The van der Waals surface area contributed by atoms with E-state index in [2.05, 4.69) is 46.8 Å². The lowest BCUT2D eigenvalue weighted by Crippen LogP contribution is -2.42. The van der Waals surface area contributed by atoms with Crippen molar-refractivity contribution in [3.8, 4) is 11.5 Å². The van der Waals surface area contributed by atoms with Gasteiger partial charge in [0.1, 0.15) is 0 Å². The van der Waals surface area contributed by atoms with Gasteiger partial charge in [-0.25, -0.2) is 0 Å². The third-order valence-electron chi connectivity index (χ3n) is 4.30. The van der Waals surface area contributed by atoms with E-state index in [1.165, 1.54) is 5.56 Å². The van der Waals surface area contributed by atoms with Gasteiger partial charge in [-0.05, 0) is 49.9 Å². The maximum atomic E-state index is 5.56. The molecule has 2 rings (SSSR count). The van der Waals surface area contributed by atoms with Crippen LogP contribution in [0.2, 0.25) is 0 Å². The molecule has 0 saturated heterocycles. The molecule has 1 unspecified atom stereocenters. The molecular formula is C22H31N3O2. The zero-order chi connectivity index (χ0) is 19.5. The molecule has 0 aliphatic heterocycles. The number of benzene rings is 2. The fourth-order valence-electron chi connectivity index (χ4n) is 2.81. The van der Waals surface area contributed by atoms with Crippen molar-refractivity contribution in [3.05, 3.63) is 59.7 Å². The van der Waals surface area contributed by atoms with Gasteiger partial charge in [0, 0.05) is 19.6 Å². The van der Waals surface area contributed by atoms with Crippen LogP contribution < -0.4 is 20.1 Å². The van der Waals surface area contributed by atoms with E-state index in [1.54, 1.807) is 14.2 Å². The first kappa shape index (κ1) is 20.6. The summed E-state index contributed by atoms with van der Waals surface area (Å²) in [5.41, 5.74) is 2.46. The van der Waals surface area contributed by atoms with Crippen LogP contribution in [0.15, 0.2) is 53.5 Å². The van der Waals surface area contributed by atoms with E-state index in [9.17, 15) is 0 Å². The van der Waals surface area contributed by atoms with E-state index in [4.69, 9.17) is 9.47 Å². The standard InChI is InChI=1S/C22H31N3O2/c1-5-27-20-14-13-19(15-21(20)26-4)16-24-22(23-3)25-17(2)11-12-18-9-7-6-8-10-18/h6-10,13-15,17H,5,11-12,16H2,1-4H3,(H2,23,24,25). The molecule has 0 saturated carbocycles. The number of hydrogen-bond donors (Lipinski definition) is 2. The minimum atomic E-state index is 0.325. The molecule has 0 fully saturated rings. The van der Waals surface area contributed by atoms with Gasteiger partial charge in [0.25, 0.3) is 0 Å². The lowest BCUT2D eigenvalue weighted by Gasteiger charge is -2.18. The highest BCUT2D eigenvalue weighted by Gasteiger charge is 2.08. The Balaban J connectivity index is 1.84. The lowest BCUT2D eigenvalue weighted by atomic mass is 10.1. The van der Waals surface area contributed by atoms with Crippen molar-refractivity contribution in [2.75, 3.05) is 20.8 Å². The summed E-state index contributed by atoms with van der Waals surface area (Å²) in [4.78, 5) is 4.33. The quantitative estimate of drug-likeness (QED) is 0.522. The number of guanidine groups is 1. The fraction of sp³-hybridized carbons (Fsp3) is 0.409. The molecule has 2 aromatic rings. The normalized spacial score (nSPS) is 12.4. The number of nitrogens with zero attached hydrogens (tertiary/aromatic N) is 1. The van der Waals surface area contributed by atoms with Gasteiger partial charge in [-0.3, -0.25) is 4.99 Å². The predicted molar refractivity (Wildman–Crippen MR) is 112 cm³/mol. The highest BCUT2D eigenvalue weighted by atomic mass is 16.5. The predicted octanol–water partition coefficient (Wildman–Crippen LogP) is 3.78. The van der Waals surface area contributed by atoms with Crippen molar-refractivity contribution >= 4 is 5.96 Å². The van der Waals surface area contributed by atoms with Crippen LogP contribution in [0.25, 0.3) is 0 Å². The van der Waals surface area contributed by atoms with Crippen LogP contribution >= 0.6 is 0 Å². The van der Waals surface area contributed by atoms with Gasteiger partial charge < -0.3 is 20.1 Å². The molecule has 5 nitrogen and oxygen atoms in total. The zero-order valence-electron chi connectivity index (χ0n) is 16.8. The molecule has 0 aromatic heterocycles. The van der Waals surface area contributed by atoms with Gasteiger partial charge in [0.15, 0.2) is 17.5 Å². The minimum Gasteiger partial charge on any atom is -0.493 e. The summed E-state index contributed by atoms with van der Waals surface area (Å²) in [6.07, 6.45) is 2.09. The molecule has 5 heteroatoms. The Hall–Kier alpha value is -2.69. The van der Waals surface area contributed by atoms with Gasteiger partial charge in [-0.2, -0.15) is 0 Å². The van der Waals surface area contributed by atoms with E-state index >= 15 is 0 Å². The summed E-state index contributed by atoms with van der Waals surface area (Å²) in [7, 11) is 3.45. The topological polar surface area (TPSA) is 54.9 Å². The van der Waals surface area contributed by atoms with Gasteiger partial charge in [-0.1, -0.05) is 36.4 Å². The van der Waals surface area contributed by atoms with E-state index in [0.717, 1.165) is 35.9 Å². The first-order chi connectivity index (χ1) is 13.2. The number of hydrogen-bond acceptors (Lipinski definition) is 3. The Labute approximate surface area is 162 Å². The minimum absolute atomic E-state index is 0.325. The molecule has 0 aliphatic carbocycles. The molecule has 146 valence electrons. The van der Waals surface area contributed by atoms with Crippen LogP contribution in [0.4, 0.5) is 0 Å². The van der Waals surface area contributed by atoms with Crippen LogP contribution in [-0.4, -0.2) is 32.8 Å². The van der Waals surface area contributed by atoms with Gasteiger partial charge in [0.2, 0.25) is 0 Å². The molecule has 0 radical (unpaired) electrons. The van der Waals surface area contributed by atoms with Crippen molar-refractivity contribution in [3.63, 3.8) is 0 Å². The van der Waals surface area contributed by atoms with E-state index in [-0.39, 0.29) is 0 Å². The SMILES string of the molecule is CCOc1ccc(CNC(=NC)NC(C)CCc2ccccc2)cc1OC. The number of aryl methyl sites for hydroxylation is 1. The molecule has 0 bridgehead atoms. The van der Waals surface area contributed by atoms with Crippen molar-refractivity contribution in [2.45, 2.75) is 39.3 Å². The molecule has 0 heterocycles. The molecule has 0 spiro atoms. The Kier molecular flexibility index (Phi) is 8.49. The summed E-state index contributed by atoms with van der Waals surface area (Å²) in [6.45, 7) is 5.42. The lowest BCUT2D eigenvalue weighted by molar-refractivity contribution is 0.310. The molecule has 2 N–H and O–H groups in total. The number of nitrogens with one attached hydrogen (secondary N) is 2. The average Bonchev–Trinajstić information content (AvgIpc) is 2.71. The summed E-state index contributed by atoms with van der Waals surface area (Å²) >= 11 is 0. The summed E-state index contributed by atoms with van der Waals surface area (Å²) in [6, 6.07) is 16.8. The van der Waals surface area contributed by atoms with Crippen molar-refractivity contribution in [2.24, 2.45) is 4.99 Å². The first-order valence-electron chi connectivity index (χ1n) is 9.47. The third-order valence-corrected chi connectivity index (χ3v) is 4.30. The Bertz CT molecular complexity index is 717. The summed E-state index contributed by atoms with van der Waals surface area (Å²) in [5.74, 6) is 2.31. The van der Waals surface area contributed by atoms with E-state index in [1.807, 2.05) is 31.2 Å². The summed E-state index contributed by atoms with van der Waals surface area (Å²) in [5, 5.41) is 6.81. The van der Waals surface area contributed by atoms with Crippen molar-refractivity contribution in [1.29, 1.82) is 0 Å². The fourth-order valence-corrected chi connectivity index (χ4v) is 2.81. The monoisotopic (exact) mass is 369 g/mol. The number of ether oxygens (including phenoxy) is 2. The molecule has 27 heavy (non-hydrogen) atoms. The van der Waals surface area contributed by atoms with Crippen molar-refractivity contribution < 1.29 is 9.47 Å². The van der Waals surface area contributed by atoms with Crippen LogP contribution in [0, 0.1) is 0 Å².